The van der Waals surface area contributed by atoms with E-state index in [0.717, 1.165) is 32.5 Å². The highest BCUT2D eigenvalue weighted by Crippen LogP contribution is 2.17. The first kappa shape index (κ1) is 16.7. The molecule has 1 heterocycles. The van der Waals surface area contributed by atoms with E-state index in [1.165, 1.54) is 0 Å². The minimum absolute atomic E-state index is 0.153. The predicted octanol–water partition coefficient (Wildman–Crippen LogP) is 2.28. The van der Waals surface area contributed by atoms with Crippen LogP contribution in [0.25, 0.3) is 0 Å². The number of hydrogen-bond donors (Lipinski definition) is 1. The van der Waals surface area contributed by atoms with E-state index in [-0.39, 0.29) is 6.61 Å². The highest BCUT2D eigenvalue weighted by molar-refractivity contribution is 4.80. The Kier molecular flexibility index (Phi) is 7.10. The van der Waals surface area contributed by atoms with Crippen molar-refractivity contribution in [3.05, 3.63) is 0 Å². The molecular formula is C13H25F3N2O. The van der Waals surface area contributed by atoms with E-state index in [2.05, 4.69) is 28.8 Å². The van der Waals surface area contributed by atoms with Crippen LogP contribution in [0, 0.1) is 5.92 Å². The first-order chi connectivity index (χ1) is 8.88. The summed E-state index contributed by atoms with van der Waals surface area (Å²) in [6, 6.07) is 0.438. The Hall–Kier alpha value is -0.330. The summed E-state index contributed by atoms with van der Waals surface area (Å²) in [6.07, 6.45) is -1.99. The Morgan fingerprint density at radius 1 is 1.37 bits per heavy atom. The van der Waals surface area contributed by atoms with E-state index in [4.69, 9.17) is 0 Å². The second kappa shape index (κ2) is 8.07. The lowest BCUT2D eigenvalue weighted by atomic mass is 10.2. The molecule has 1 fully saturated rings. The maximum atomic E-state index is 11.9. The minimum Gasteiger partial charge on any atom is -0.371 e. The van der Waals surface area contributed by atoms with E-state index >= 15 is 0 Å². The van der Waals surface area contributed by atoms with Gasteiger partial charge in [-0.25, -0.2) is 0 Å². The molecule has 0 aromatic heterocycles. The number of alkyl halides is 3. The number of hydrogen-bond acceptors (Lipinski definition) is 3. The monoisotopic (exact) mass is 282 g/mol. The van der Waals surface area contributed by atoms with Crippen molar-refractivity contribution in [3.8, 4) is 0 Å². The Morgan fingerprint density at radius 3 is 2.74 bits per heavy atom. The van der Waals surface area contributed by atoms with Gasteiger partial charge in [0.05, 0.1) is 6.61 Å². The van der Waals surface area contributed by atoms with Crippen molar-refractivity contribution in [1.82, 2.24) is 10.2 Å². The molecule has 1 rings (SSSR count). The molecule has 3 nitrogen and oxygen atoms in total. The number of nitrogens with one attached hydrogen (secondary N) is 1. The van der Waals surface area contributed by atoms with Crippen LogP contribution in [0.15, 0.2) is 0 Å². The molecule has 0 aromatic carbocycles. The molecule has 0 amide bonds. The fourth-order valence-corrected chi connectivity index (χ4v) is 2.33. The van der Waals surface area contributed by atoms with Crippen LogP contribution >= 0.6 is 0 Å². The zero-order valence-corrected chi connectivity index (χ0v) is 11.8. The van der Waals surface area contributed by atoms with Crippen molar-refractivity contribution in [2.75, 3.05) is 39.4 Å². The molecule has 1 aliphatic rings. The van der Waals surface area contributed by atoms with Crippen LogP contribution in [0.3, 0.4) is 0 Å². The fraction of sp³-hybridized carbons (Fsp3) is 1.00. The SMILES string of the molecule is CC(C)CNCC1CCCN1CCOCC(F)(F)F. The molecule has 0 radical (unpaired) electrons. The number of rotatable bonds is 8. The third kappa shape index (κ3) is 7.74. The van der Waals surface area contributed by atoms with Gasteiger partial charge in [0.2, 0.25) is 0 Å². The molecular weight excluding hydrogens is 257 g/mol. The van der Waals surface area contributed by atoms with Gasteiger partial charge in [-0.15, -0.1) is 0 Å². The number of ether oxygens (including phenoxy) is 1. The lowest BCUT2D eigenvalue weighted by molar-refractivity contribution is -0.174. The first-order valence-electron chi connectivity index (χ1n) is 6.98. The molecule has 0 spiro atoms. The molecule has 0 aromatic rings. The maximum absolute atomic E-state index is 11.9. The Bertz CT molecular complexity index is 247. The quantitative estimate of drug-likeness (QED) is 0.691. The van der Waals surface area contributed by atoms with Crippen molar-refractivity contribution in [2.45, 2.75) is 38.9 Å². The fourth-order valence-electron chi connectivity index (χ4n) is 2.33. The lowest BCUT2D eigenvalue weighted by Crippen LogP contribution is -2.40. The zero-order chi connectivity index (χ0) is 14.3. The van der Waals surface area contributed by atoms with Crippen LogP contribution in [-0.4, -0.2) is 56.5 Å². The van der Waals surface area contributed by atoms with E-state index in [9.17, 15) is 13.2 Å². The summed E-state index contributed by atoms with van der Waals surface area (Å²) in [6.45, 7) is 6.77. The van der Waals surface area contributed by atoms with Crippen LogP contribution in [0.1, 0.15) is 26.7 Å². The summed E-state index contributed by atoms with van der Waals surface area (Å²) in [5.74, 6) is 0.616. The van der Waals surface area contributed by atoms with E-state index < -0.39 is 12.8 Å². The molecule has 6 heteroatoms. The summed E-state index contributed by atoms with van der Waals surface area (Å²) >= 11 is 0. The summed E-state index contributed by atoms with van der Waals surface area (Å²) in [5.41, 5.74) is 0. The number of nitrogens with zero attached hydrogens (tertiary/aromatic N) is 1. The second-order valence-corrected chi connectivity index (χ2v) is 5.55. The summed E-state index contributed by atoms with van der Waals surface area (Å²) in [4.78, 5) is 2.23. The molecule has 0 saturated carbocycles. The lowest BCUT2D eigenvalue weighted by Gasteiger charge is -2.25. The molecule has 1 atom stereocenters. The van der Waals surface area contributed by atoms with Gasteiger partial charge in [-0.2, -0.15) is 13.2 Å². The average Bonchev–Trinajstić information content (AvgIpc) is 2.70. The van der Waals surface area contributed by atoms with Gasteiger partial charge in [-0.05, 0) is 31.8 Å². The largest absolute Gasteiger partial charge is 0.411 e. The summed E-state index contributed by atoms with van der Waals surface area (Å²) in [7, 11) is 0. The van der Waals surface area contributed by atoms with Gasteiger partial charge in [-0.3, -0.25) is 4.90 Å². The van der Waals surface area contributed by atoms with Crippen molar-refractivity contribution >= 4 is 0 Å². The third-order valence-electron chi connectivity index (χ3n) is 3.22. The van der Waals surface area contributed by atoms with Gasteiger partial charge in [0.15, 0.2) is 0 Å². The van der Waals surface area contributed by atoms with Crippen LogP contribution in [-0.2, 0) is 4.74 Å². The van der Waals surface area contributed by atoms with Gasteiger partial charge in [-0.1, -0.05) is 13.8 Å². The Morgan fingerprint density at radius 2 is 2.11 bits per heavy atom. The summed E-state index contributed by atoms with van der Waals surface area (Å²) in [5, 5.41) is 3.41. The maximum Gasteiger partial charge on any atom is 0.411 e. The highest BCUT2D eigenvalue weighted by Gasteiger charge is 2.28. The Balaban J connectivity index is 2.14. The molecule has 1 unspecified atom stereocenters. The van der Waals surface area contributed by atoms with Crippen LogP contribution in [0.5, 0.6) is 0 Å². The van der Waals surface area contributed by atoms with E-state index in [1.807, 2.05) is 0 Å². The topological polar surface area (TPSA) is 24.5 Å². The van der Waals surface area contributed by atoms with Crippen molar-refractivity contribution in [3.63, 3.8) is 0 Å². The van der Waals surface area contributed by atoms with Crippen LogP contribution < -0.4 is 5.32 Å². The smallest absolute Gasteiger partial charge is 0.371 e. The zero-order valence-electron chi connectivity index (χ0n) is 11.8. The first-order valence-corrected chi connectivity index (χ1v) is 6.98. The number of likely N-dealkylation sites (tertiary alicyclic amines) is 1. The molecule has 1 saturated heterocycles. The normalized spacial score (nSPS) is 21.5. The molecule has 0 aliphatic carbocycles. The number of halogens is 3. The van der Waals surface area contributed by atoms with Gasteiger partial charge in [0, 0.05) is 19.1 Å². The van der Waals surface area contributed by atoms with Crippen molar-refractivity contribution in [2.24, 2.45) is 5.92 Å². The van der Waals surface area contributed by atoms with Gasteiger partial charge >= 0.3 is 6.18 Å². The standard InChI is InChI=1S/C13H25F3N2O/c1-11(2)8-17-9-12-4-3-5-18(12)6-7-19-10-13(14,15)16/h11-12,17H,3-10H2,1-2H3. The Labute approximate surface area is 113 Å². The van der Waals surface area contributed by atoms with Crippen molar-refractivity contribution in [1.29, 1.82) is 0 Å². The third-order valence-corrected chi connectivity index (χ3v) is 3.22. The van der Waals surface area contributed by atoms with E-state index in [1.54, 1.807) is 0 Å². The second-order valence-electron chi connectivity index (χ2n) is 5.55. The van der Waals surface area contributed by atoms with Gasteiger partial charge in [0.25, 0.3) is 0 Å². The molecule has 114 valence electrons. The molecule has 0 bridgehead atoms. The van der Waals surface area contributed by atoms with E-state index in [0.29, 0.717) is 18.5 Å². The van der Waals surface area contributed by atoms with Crippen LogP contribution in [0.2, 0.25) is 0 Å². The molecule has 1 N–H and O–H groups in total. The molecule has 19 heavy (non-hydrogen) atoms. The average molecular weight is 282 g/mol. The highest BCUT2D eigenvalue weighted by atomic mass is 19.4. The van der Waals surface area contributed by atoms with Crippen LogP contribution in [0.4, 0.5) is 13.2 Å². The molecule has 1 aliphatic heterocycles. The van der Waals surface area contributed by atoms with Gasteiger partial charge < -0.3 is 10.1 Å². The van der Waals surface area contributed by atoms with Crippen molar-refractivity contribution < 1.29 is 17.9 Å². The van der Waals surface area contributed by atoms with Gasteiger partial charge in [0.1, 0.15) is 6.61 Å². The predicted molar refractivity (Wildman–Crippen MR) is 69.2 cm³/mol. The minimum atomic E-state index is -4.22. The summed E-state index contributed by atoms with van der Waals surface area (Å²) < 4.78 is 40.4.